The summed E-state index contributed by atoms with van der Waals surface area (Å²) in [6.45, 7) is 4.01. The average molecular weight is 229 g/mol. The maximum atomic E-state index is 13.4. The fourth-order valence-corrected chi connectivity index (χ4v) is 1.68. The predicted molar refractivity (Wildman–Crippen MR) is 56.7 cm³/mol. The van der Waals surface area contributed by atoms with E-state index < -0.39 is 17.5 Å². The zero-order valence-electron chi connectivity index (χ0n) is 9.28. The lowest BCUT2D eigenvalue weighted by atomic mass is 10.0. The number of anilines is 1. The van der Waals surface area contributed by atoms with Crippen molar-refractivity contribution in [1.82, 2.24) is 0 Å². The lowest BCUT2D eigenvalue weighted by Gasteiger charge is -2.22. The first-order chi connectivity index (χ1) is 7.44. The van der Waals surface area contributed by atoms with Crippen LogP contribution in [0.15, 0.2) is 12.1 Å². The molecule has 0 radical (unpaired) electrons. The second-order valence-electron chi connectivity index (χ2n) is 4.74. The van der Waals surface area contributed by atoms with Crippen molar-refractivity contribution < 1.29 is 13.2 Å². The van der Waals surface area contributed by atoms with Crippen LogP contribution in [-0.2, 0) is 0 Å². The molecule has 1 aliphatic carbocycles. The fourth-order valence-electron chi connectivity index (χ4n) is 1.68. The Bertz CT molecular complexity index is 413. The molecule has 2 rings (SSSR count). The van der Waals surface area contributed by atoms with Crippen LogP contribution in [-0.4, -0.2) is 6.04 Å². The minimum Gasteiger partial charge on any atom is -0.380 e. The van der Waals surface area contributed by atoms with Crippen molar-refractivity contribution in [1.29, 1.82) is 0 Å². The first-order valence-electron chi connectivity index (χ1n) is 5.34. The molecule has 1 aromatic rings. The van der Waals surface area contributed by atoms with Crippen LogP contribution >= 0.6 is 0 Å². The summed E-state index contributed by atoms with van der Waals surface area (Å²) in [6.07, 6.45) is 2.15. The third-order valence-electron chi connectivity index (χ3n) is 3.49. The van der Waals surface area contributed by atoms with Gasteiger partial charge in [-0.1, -0.05) is 6.92 Å². The standard InChI is InChI=1S/C12H14F3N/c1-7(12(2)5-6-12)16-9-4-3-8(13)10(14)11(9)15/h3-4,7,16H,5-6H2,1-2H3. The van der Waals surface area contributed by atoms with Crippen LogP contribution in [0.3, 0.4) is 0 Å². The zero-order valence-corrected chi connectivity index (χ0v) is 9.28. The van der Waals surface area contributed by atoms with E-state index in [1.165, 1.54) is 6.07 Å². The van der Waals surface area contributed by atoms with Crippen LogP contribution in [0.4, 0.5) is 18.9 Å². The van der Waals surface area contributed by atoms with Crippen LogP contribution < -0.4 is 5.32 Å². The third-order valence-corrected chi connectivity index (χ3v) is 3.49. The number of rotatable bonds is 3. The second-order valence-corrected chi connectivity index (χ2v) is 4.74. The van der Waals surface area contributed by atoms with Crippen molar-refractivity contribution in [3.8, 4) is 0 Å². The van der Waals surface area contributed by atoms with E-state index in [1.54, 1.807) is 0 Å². The van der Waals surface area contributed by atoms with Gasteiger partial charge in [-0.25, -0.2) is 13.2 Å². The largest absolute Gasteiger partial charge is 0.380 e. The number of hydrogen-bond donors (Lipinski definition) is 1. The van der Waals surface area contributed by atoms with Crippen molar-refractivity contribution in [2.75, 3.05) is 5.32 Å². The molecular formula is C12H14F3N. The van der Waals surface area contributed by atoms with Crippen LogP contribution in [0, 0.1) is 22.9 Å². The van der Waals surface area contributed by atoms with E-state index in [1.807, 2.05) is 6.92 Å². The van der Waals surface area contributed by atoms with Gasteiger partial charge in [-0.2, -0.15) is 0 Å². The van der Waals surface area contributed by atoms with Gasteiger partial charge in [0.15, 0.2) is 17.5 Å². The first-order valence-corrected chi connectivity index (χ1v) is 5.34. The summed E-state index contributed by atoms with van der Waals surface area (Å²) in [4.78, 5) is 0. The van der Waals surface area contributed by atoms with Gasteiger partial charge in [0, 0.05) is 6.04 Å². The molecule has 4 heteroatoms. The molecule has 1 nitrogen and oxygen atoms in total. The molecule has 0 aliphatic heterocycles. The third kappa shape index (κ3) is 1.88. The minimum atomic E-state index is -1.42. The molecule has 1 N–H and O–H groups in total. The zero-order chi connectivity index (χ0) is 11.9. The molecule has 1 aliphatic rings. The second kappa shape index (κ2) is 3.68. The molecular weight excluding hydrogens is 215 g/mol. The molecule has 16 heavy (non-hydrogen) atoms. The Labute approximate surface area is 92.7 Å². The SMILES string of the molecule is CC(Nc1ccc(F)c(F)c1F)C1(C)CC1. The van der Waals surface area contributed by atoms with E-state index in [-0.39, 0.29) is 17.1 Å². The number of halogens is 3. The fraction of sp³-hybridized carbons (Fsp3) is 0.500. The molecule has 0 saturated heterocycles. The summed E-state index contributed by atoms with van der Waals surface area (Å²) in [5.74, 6) is -3.72. The highest BCUT2D eigenvalue weighted by Gasteiger charge is 2.42. The molecule has 1 atom stereocenters. The van der Waals surface area contributed by atoms with Crippen molar-refractivity contribution in [2.24, 2.45) is 5.41 Å². The van der Waals surface area contributed by atoms with Crippen LogP contribution in [0.2, 0.25) is 0 Å². The van der Waals surface area contributed by atoms with Gasteiger partial charge in [-0.3, -0.25) is 0 Å². The number of nitrogens with one attached hydrogen (secondary N) is 1. The highest BCUT2D eigenvalue weighted by Crippen LogP contribution is 2.48. The summed E-state index contributed by atoms with van der Waals surface area (Å²) in [6, 6.07) is 2.21. The summed E-state index contributed by atoms with van der Waals surface area (Å²) < 4.78 is 39.0. The van der Waals surface area contributed by atoms with E-state index in [9.17, 15) is 13.2 Å². The maximum absolute atomic E-state index is 13.4. The van der Waals surface area contributed by atoms with Crippen LogP contribution in [0.5, 0.6) is 0 Å². The van der Waals surface area contributed by atoms with Gasteiger partial charge in [-0.05, 0) is 37.3 Å². The summed E-state index contributed by atoms with van der Waals surface area (Å²) in [5, 5.41) is 2.90. The molecule has 0 aromatic heterocycles. The highest BCUT2D eigenvalue weighted by atomic mass is 19.2. The maximum Gasteiger partial charge on any atom is 0.196 e. The van der Waals surface area contributed by atoms with Crippen molar-refractivity contribution in [3.05, 3.63) is 29.6 Å². The van der Waals surface area contributed by atoms with E-state index in [4.69, 9.17) is 0 Å². The molecule has 1 fully saturated rings. The molecule has 0 spiro atoms. The van der Waals surface area contributed by atoms with Gasteiger partial charge in [0.05, 0.1) is 5.69 Å². The molecule has 0 heterocycles. The van der Waals surface area contributed by atoms with E-state index in [2.05, 4.69) is 12.2 Å². The monoisotopic (exact) mass is 229 g/mol. The summed E-state index contributed by atoms with van der Waals surface area (Å²) in [5.41, 5.74) is 0.177. The van der Waals surface area contributed by atoms with E-state index >= 15 is 0 Å². The number of hydrogen-bond acceptors (Lipinski definition) is 1. The minimum absolute atomic E-state index is 0.0273. The number of benzene rings is 1. The van der Waals surface area contributed by atoms with Crippen molar-refractivity contribution in [3.63, 3.8) is 0 Å². The Morgan fingerprint density at radius 2 is 1.81 bits per heavy atom. The van der Waals surface area contributed by atoms with E-state index in [0.717, 1.165) is 18.9 Å². The topological polar surface area (TPSA) is 12.0 Å². The summed E-state index contributed by atoms with van der Waals surface area (Å²) >= 11 is 0. The first kappa shape index (κ1) is 11.3. The van der Waals surface area contributed by atoms with E-state index in [0.29, 0.717) is 0 Å². The Hall–Kier alpha value is -1.19. The Morgan fingerprint density at radius 1 is 1.19 bits per heavy atom. The molecule has 0 amide bonds. The Morgan fingerprint density at radius 3 is 2.38 bits per heavy atom. The van der Waals surface area contributed by atoms with Gasteiger partial charge >= 0.3 is 0 Å². The highest BCUT2D eigenvalue weighted by molar-refractivity contribution is 5.46. The normalized spacial score (nSPS) is 19.3. The lowest BCUT2D eigenvalue weighted by molar-refractivity contribution is 0.444. The van der Waals surface area contributed by atoms with Gasteiger partial charge in [-0.15, -0.1) is 0 Å². The average Bonchev–Trinajstić information content (AvgIpc) is 2.99. The molecule has 1 aromatic carbocycles. The van der Waals surface area contributed by atoms with Crippen molar-refractivity contribution in [2.45, 2.75) is 32.7 Å². The lowest BCUT2D eigenvalue weighted by Crippen LogP contribution is -2.25. The van der Waals surface area contributed by atoms with Gasteiger partial charge < -0.3 is 5.32 Å². The Kier molecular flexibility index (Phi) is 2.60. The predicted octanol–water partition coefficient (Wildman–Crippen LogP) is 3.70. The molecule has 1 unspecified atom stereocenters. The smallest absolute Gasteiger partial charge is 0.196 e. The van der Waals surface area contributed by atoms with Gasteiger partial charge in [0.1, 0.15) is 0 Å². The van der Waals surface area contributed by atoms with Gasteiger partial charge in [0.25, 0.3) is 0 Å². The Balaban J connectivity index is 2.19. The van der Waals surface area contributed by atoms with Crippen LogP contribution in [0.1, 0.15) is 26.7 Å². The quantitative estimate of drug-likeness (QED) is 0.779. The molecule has 1 saturated carbocycles. The van der Waals surface area contributed by atoms with Crippen molar-refractivity contribution >= 4 is 5.69 Å². The van der Waals surface area contributed by atoms with Crippen LogP contribution in [0.25, 0.3) is 0 Å². The van der Waals surface area contributed by atoms with Gasteiger partial charge in [0.2, 0.25) is 0 Å². The summed E-state index contributed by atoms with van der Waals surface area (Å²) in [7, 11) is 0. The molecule has 88 valence electrons. The molecule has 0 bridgehead atoms.